The molecule has 196 valence electrons. The highest BCUT2D eigenvalue weighted by molar-refractivity contribution is 5.94. The van der Waals surface area contributed by atoms with Crippen LogP contribution < -0.4 is 11.1 Å². The quantitative estimate of drug-likeness (QED) is 0.328. The Morgan fingerprint density at radius 3 is 2.61 bits per heavy atom. The van der Waals surface area contributed by atoms with Crippen LogP contribution in [-0.4, -0.2) is 83.4 Å². The lowest BCUT2D eigenvalue weighted by Crippen LogP contribution is -2.43. The fourth-order valence-electron chi connectivity index (χ4n) is 4.50. The third kappa shape index (κ3) is 4.67. The van der Waals surface area contributed by atoms with Gasteiger partial charge in [0, 0.05) is 17.6 Å². The number of hydrogen-bond donors (Lipinski definition) is 4. The highest BCUT2D eigenvalue weighted by Gasteiger charge is 2.48. The molecule has 2 saturated carbocycles. The molecule has 1 aliphatic heterocycles. The van der Waals surface area contributed by atoms with Crippen LogP contribution in [-0.2, 0) is 9.53 Å². The van der Waals surface area contributed by atoms with E-state index in [-0.39, 0.29) is 47.3 Å². The van der Waals surface area contributed by atoms with Crippen molar-refractivity contribution in [1.82, 2.24) is 29.7 Å². The SMILES string of the molecule is Nc1nc(C#CCN(C(=O)c2ccccc2)C2CC2)nc2c1ncn2C1OC(C(=O)NC2CC2)[C@@H](O)[C@H]1O. The molecule has 12 heteroatoms. The molecule has 6 rings (SSSR count). The molecule has 12 nitrogen and oxygen atoms in total. The predicted molar refractivity (Wildman–Crippen MR) is 134 cm³/mol. The van der Waals surface area contributed by atoms with Gasteiger partial charge in [0.1, 0.15) is 17.7 Å². The zero-order valence-electron chi connectivity index (χ0n) is 20.4. The molecule has 1 aromatic carbocycles. The van der Waals surface area contributed by atoms with Crippen molar-refractivity contribution in [3.05, 3.63) is 48.0 Å². The Labute approximate surface area is 217 Å². The van der Waals surface area contributed by atoms with Gasteiger partial charge in [0.2, 0.25) is 5.82 Å². The topological polar surface area (TPSA) is 169 Å². The molecule has 2 amide bonds. The van der Waals surface area contributed by atoms with Gasteiger partial charge >= 0.3 is 0 Å². The van der Waals surface area contributed by atoms with Gasteiger partial charge in [-0.3, -0.25) is 14.2 Å². The van der Waals surface area contributed by atoms with Crippen LogP contribution in [0.2, 0.25) is 0 Å². The molecule has 0 spiro atoms. The van der Waals surface area contributed by atoms with Gasteiger partial charge in [0.25, 0.3) is 11.8 Å². The van der Waals surface area contributed by atoms with E-state index in [2.05, 4.69) is 32.1 Å². The molecule has 4 atom stereocenters. The van der Waals surface area contributed by atoms with Crippen LogP contribution in [0.1, 0.15) is 48.1 Å². The van der Waals surface area contributed by atoms with E-state index in [1.807, 2.05) is 18.2 Å². The minimum atomic E-state index is -1.43. The summed E-state index contributed by atoms with van der Waals surface area (Å²) in [6, 6.07) is 9.30. The van der Waals surface area contributed by atoms with E-state index in [9.17, 15) is 19.8 Å². The molecular formula is C26H27N7O5. The first-order chi connectivity index (χ1) is 18.4. The number of rotatable bonds is 6. The summed E-state index contributed by atoms with van der Waals surface area (Å²) in [6.45, 7) is 0.202. The fraction of sp³-hybridized carbons (Fsp3) is 0.423. The van der Waals surface area contributed by atoms with Gasteiger partial charge in [-0.05, 0) is 43.7 Å². The Morgan fingerprint density at radius 2 is 1.89 bits per heavy atom. The maximum atomic E-state index is 13.0. The highest BCUT2D eigenvalue weighted by atomic mass is 16.6. The van der Waals surface area contributed by atoms with Crippen LogP contribution in [0, 0.1) is 11.8 Å². The maximum absolute atomic E-state index is 13.0. The first kappa shape index (κ1) is 24.3. The molecule has 0 radical (unpaired) electrons. The minimum absolute atomic E-state index is 0.0773. The Morgan fingerprint density at radius 1 is 1.13 bits per heavy atom. The van der Waals surface area contributed by atoms with Crippen LogP contribution in [0.25, 0.3) is 11.2 Å². The summed E-state index contributed by atoms with van der Waals surface area (Å²) in [5, 5.41) is 23.9. The van der Waals surface area contributed by atoms with E-state index in [0.717, 1.165) is 25.7 Å². The standard InChI is InChI=1S/C26H27N7O5/c27-22-18-23(33(13-28-18)26-20(35)19(34)21(38-26)24(36)29-15-8-9-15)31-17(30-22)7-4-12-32(16-10-11-16)25(37)14-5-2-1-3-6-14/h1-3,5-6,13,15-16,19-21,26,34-35H,8-12H2,(H,29,36)(H2,27,30,31)/t19-,20+,21?,26?/m0/s1. The van der Waals surface area contributed by atoms with Crippen molar-refractivity contribution in [1.29, 1.82) is 0 Å². The van der Waals surface area contributed by atoms with Crippen LogP contribution in [0.15, 0.2) is 36.7 Å². The average Bonchev–Trinajstić information content (AvgIpc) is 3.85. The minimum Gasteiger partial charge on any atom is -0.387 e. The van der Waals surface area contributed by atoms with E-state index in [1.165, 1.54) is 10.9 Å². The summed E-state index contributed by atoms with van der Waals surface area (Å²) >= 11 is 0. The largest absolute Gasteiger partial charge is 0.387 e. The van der Waals surface area contributed by atoms with Crippen LogP contribution in [0.3, 0.4) is 0 Å². The molecule has 2 aromatic heterocycles. The summed E-state index contributed by atoms with van der Waals surface area (Å²) in [5.74, 6) is 5.48. The van der Waals surface area contributed by atoms with E-state index in [1.54, 1.807) is 17.0 Å². The van der Waals surface area contributed by atoms with Gasteiger partial charge in [-0.25, -0.2) is 15.0 Å². The second-order valence-corrected chi connectivity index (χ2v) is 9.80. The first-order valence-corrected chi connectivity index (χ1v) is 12.6. The number of nitrogens with one attached hydrogen (secondary N) is 1. The lowest BCUT2D eigenvalue weighted by Gasteiger charge is -2.19. The Kier molecular flexibility index (Phi) is 6.19. The molecule has 3 fully saturated rings. The lowest BCUT2D eigenvalue weighted by molar-refractivity contribution is -0.137. The Balaban J connectivity index is 1.23. The number of nitrogens with two attached hydrogens (primary N) is 1. The molecule has 3 heterocycles. The molecule has 5 N–H and O–H groups in total. The number of ether oxygens (including phenoxy) is 1. The Bertz CT molecular complexity index is 1440. The second-order valence-electron chi connectivity index (χ2n) is 9.80. The lowest BCUT2D eigenvalue weighted by atomic mass is 10.1. The number of carbonyl (C=O) groups is 2. The third-order valence-electron chi connectivity index (χ3n) is 6.86. The predicted octanol–water partition coefficient (Wildman–Crippen LogP) is -0.0374. The zero-order chi connectivity index (χ0) is 26.4. The van der Waals surface area contributed by atoms with Crippen molar-refractivity contribution in [3.8, 4) is 11.8 Å². The number of carbonyl (C=O) groups excluding carboxylic acids is 2. The van der Waals surface area contributed by atoms with Crippen molar-refractivity contribution in [2.45, 2.75) is 62.3 Å². The van der Waals surface area contributed by atoms with Crippen molar-refractivity contribution < 1.29 is 24.5 Å². The number of anilines is 1. The van der Waals surface area contributed by atoms with Gasteiger partial charge in [-0.1, -0.05) is 24.1 Å². The van der Waals surface area contributed by atoms with Gasteiger partial charge in [0.05, 0.1) is 12.9 Å². The number of nitrogen functional groups attached to an aromatic ring is 1. The van der Waals surface area contributed by atoms with E-state index in [0.29, 0.717) is 5.56 Å². The highest BCUT2D eigenvalue weighted by Crippen LogP contribution is 2.33. The van der Waals surface area contributed by atoms with Crippen molar-refractivity contribution in [3.63, 3.8) is 0 Å². The van der Waals surface area contributed by atoms with Crippen molar-refractivity contribution in [2.75, 3.05) is 12.3 Å². The fourth-order valence-corrected chi connectivity index (χ4v) is 4.50. The van der Waals surface area contributed by atoms with Crippen LogP contribution in [0.4, 0.5) is 5.82 Å². The number of imidazole rings is 1. The number of hydrogen-bond acceptors (Lipinski definition) is 9. The first-order valence-electron chi connectivity index (χ1n) is 12.6. The van der Waals surface area contributed by atoms with Crippen LogP contribution >= 0.6 is 0 Å². The summed E-state index contributed by atoms with van der Waals surface area (Å²) in [4.78, 5) is 40.1. The second kappa shape index (κ2) is 9.68. The molecule has 1 saturated heterocycles. The number of amides is 2. The zero-order valence-corrected chi connectivity index (χ0v) is 20.4. The number of nitrogens with zero attached hydrogens (tertiary/aromatic N) is 5. The number of aliphatic hydroxyl groups is 2. The van der Waals surface area contributed by atoms with Gasteiger partial charge in [-0.2, -0.15) is 0 Å². The van der Waals surface area contributed by atoms with Gasteiger partial charge in [0.15, 0.2) is 23.8 Å². The van der Waals surface area contributed by atoms with Gasteiger partial charge in [-0.15, -0.1) is 0 Å². The number of aromatic nitrogens is 4. The average molecular weight is 518 g/mol. The van der Waals surface area contributed by atoms with Gasteiger partial charge < -0.3 is 30.9 Å². The third-order valence-corrected chi connectivity index (χ3v) is 6.86. The maximum Gasteiger partial charge on any atom is 0.254 e. The van der Waals surface area contributed by atoms with E-state index in [4.69, 9.17) is 10.5 Å². The number of benzene rings is 1. The molecule has 2 unspecified atom stereocenters. The molecule has 0 bridgehead atoms. The smallest absolute Gasteiger partial charge is 0.254 e. The Hall–Kier alpha value is -4.05. The molecule has 38 heavy (non-hydrogen) atoms. The molecule has 2 aliphatic carbocycles. The molecule has 3 aliphatic rings. The normalized spacial score (nSPS) is 24.6. The molecular weight excluding hydrogens is 490 g/mol. The van der Waals surface area contributed by atoms with Crippen molar-refractivity contribution in [2.24, 2.45) is 0 Å². The summed E-state index contributed by atoms with van der Waals surface area (Å²) in [6.07, 6.45) is -0.182. The summed E-state index contributed by atoms with van der Waals surface area (Å²) in [7, 11) is 0. The summed E-state index contributed by atoms with van der Waals surface area (Å²) < 4.78 is 7.16. The van der Waals surface area contributed by atoms with E-state index < -0.39 is 30.4 Å². The number of aliphatic hydroxyl groups excluding tert-OH is 2. The van der Waals surface area contributed by atoms with Crippen molar-refractivity contribution >= 4 is 28.8 Å². The molecule has 3 aromatic rings. The van der Waals surface area contributed by atoms with E-state index >= 15 is 0 Å². The van der Waals surface area contributed by atoms with Crippen LogP contribution in [0.5, 0.6) is 0 Å². The summed E-state index contributed by atoms with van der Waals surface area (Å²) in [5.41, 5.74) is 7.22. The monoisotopic (exact) mass is 517 g/mol. The number of fused-ring (bicyclic) bond motifs is 1.